The molecule has 0 saturated heterocycles. The highest BCUT2D eigenvalue weighted by Crippen LogP contribution is 2.25. The van der Waals surface area contributed by atoms with Crippen molar-refractivity contribution in [2.24, 2.45) is 0 Å². The highest BCUT2D eigenvalue weighted by atomic mass is 16.6. The fourth-order valence-corrected chi connectivity index (χ4v) is 4.55. The normalized spacial score (nSPS) is 13.8. The lowest BCUT2D eigenvalue weighted by Crippen LogP contribution is -2.50. The van der Waals surface area contributed by atoms with Gasteiger partial charge in [-0.25, -0.2) is 14.8 Å². The lowest BCUT2D eigenvalue weighted by molar-refractivity contribution is -0.130. The molecule has 1 aliphatic heterocycles. The Kier molecular flexibility index (Phi) is 9.92. The van der Waals surface area contributed by atoms with Crippen molar-refractivity contribution < 1.29 is 24.2 Å². The molecule has 0 spiro atoms. The summed E-state index contributed by atoms with van der Waals surface area (Å²) in [5.41, 5.74) is 2.29. The van der Waals surface area contributed by atoms with Gasteiger partial charge >= 0.3 is 6.09 Å². The van der Waals surface area contributed by atoms with Crippen molar-refractivity contribution in [3.63, 3.8) is 0 Å². The van der Waals surface area contributed by atoms with Gasteiger partial charge in [0.1, 0.15) is 17.1 Å². The Morgan fingerprint density at radius 2 is 1.93 bits per heavy atom. The molecular formula is C29H40N6O6. The Morgan fingerprint density at radius 3 is 2.56 bits per heavy atom. The number of ether oxygens (including phenoxy) is 1. The Hall–Kier alpha value is -4.19. The number of carbonyl (C=O) groups is 3. The molecule has 2 aromatic heterocycles. The molecule has 0 unspecified atom stereocenters. The van der Waals surface area contributed by atoms with E-state index < -0.39 is 18.3 Å². The highest BCUT2D eigenvalue weighted by Gasteiger charge is 2.30. The highest BCUT2D eigenvalue weighted by molar-refractivity contribution is 6.00. The number of aromatic nitrogens is 2. The number of hydrogen-bond acceptors (Lipinski definition) is 8. The second-order valence-electron chi connectivity index (χ2n) is 10.9. The van der Waals surface area contributed by atoms with Crippen LogP contribution in [0.5, 0.6) is 0 Å². The fraction of sp³-hybridized carbons (Fsp3) is 0.483. The number of hydrazine groups is 1. The van der Waals surface area contributed by atoms with Crippen molar-refractivity contribution in [3.05, 3.63) is 62.7 Å². The molecule has 3 amide bonds. The van der Waals surface area contributed by atoms with Crippen LogP contribution in [0.15, 0.2) is 40.3 Å². The zero-order chi connectivity index (χ0) is 30.5. The summed E-state index contributed by atoms with van der Waals surface area (Å²) in [4.78, 5) is 55.6. The molecule has 1 aliphatic rings. The predicted molar refractivity (Wildman–Crippen MR) is 155 cm³/mol. The van der Waals surface area contributed by atoms with Gasteiger partial charge in [0.25, 0.3) is 11.5 Å². The number of amides is 3. The number of hydrogen-bond donors (Lipinski definition) is 3. The monoisotopic (exact) mass is 568 g/mol. The van der Waals surface area contributed by atoms with Crippen molar-refractivity contribution >= 4 is 29.4 Å². The van der Waals surface area contributed by atoms with E-state index in [2.05, 4.69) is 15.6 Å². The molecule has 12 heteroatoms. The van der Waals surface area contributed by atoms with E-state index in [4.69, 9.17) is 4.74 Å². The number of nitrogens with one attached hydrogen (secondary N) is 2. The molecule has 0 atom stereocenters. The summed E-state index contributed by atoms with van der Waals surface area (Å²) in [5, 5.41) is 18.3. The first-order valence-corrected chi connectivity index (χ1v) is 13.6. The third-order valence-electron chi connectivity index (χ3n) is 6.77. The Morgan fingerprint density at radius 1 is 1.22 bits per heavy atom. The van der Waals surface area contributed by atoms with Crippen LogP contribution in [0.25, 0.3) is 0 Å². The van der Waals surface area contributed by atoms with Crippen molar-refractivity contribution in [2.75, 3.05) is 23.9 Å². The smallest absolute Gasteiger partial charge is 0.413 e. The van der Waals surface area contributed by atoms with Gasteiger partial charge in [-0.05, 0) is 77.3 Å². The maximum absolute atomic E-state index is 13.4. The van der Waals surface area contributed by atoms with Gasteiger partial charge in [-0.2, -0.15) is 0 Å². The molecule has 222 valence electrons. The van der Waals surface area contributed by atoms with Crippen LogP contribution in [0.4, 0.5) is 16.3 Å². The number of aliphatic hydroxyl groups is 1. The third kappa shape index (κ3) is 7.72. The summed E-state index contributed by atoms with van der Waals surface area (Å²) >= 11 is 0. The molecule has 0 aliphatic carbocycles. The summed E-state index contributed by atoms with van der Waals surface area (Å²) in [6.07, 6.45) is 1.46. The van der Waals surface area contributed by atoms with Gasteiger partial charge < -0.3 is 19.7 Å². The van der Waals surface area contributed by atoms with Gasteiger partial charge in [-0.1, -0.05) is 5.57 Å². The number of carbonyl (C=O) groups excluding carboxylic acids is 3. The van der Waals surface area contributed by atoms with Crippen LogP contribution < -0.4 is 21.2 Å². The SMILES string of the molecule is CCn1cccc(N(C)N2CCC(C)=C(CC(=O)NCc3c(C)cc(NC(=O)OC(C)(C)C)nc3CO)C2=O)c1=O. The van der Waals surface area contributed by atoms with E-state index in [9.17, 15) is 24.3 Å². The minimum atomic E-state index is -0.679. The number of aliphatic hydroxyl groups excluding tert-OH is 1. The lowest BCUT2D eigenvalue weighted by Gasteiger charge is -2.37. The first-order valence-electron chi connectivity index (χ1n) is 13.6. The molecule has 0 fully saturated rings. The van der Waals surface area contributed by atoms with Gasteiger partial charge in [0.15, 0.2) is 0 Å². The average Bonchev–Trinajstić information content (AvgIpc) is 2.88. The van der Waals surface area contributed by atoms with Crippen LogP contribution in [0.3, 0.4) is 0 Å². The van der Waals surface area contributed by atoms with Gasteiger partial charge in [0.05, 0.1) is 18.7 Å². The van der Waals surface area contributed by atoms with E-state index in [1.54, 1.807) is 68.7 Å². The quantitative estimate of drug-likeness (QED) is 0.419. The van der Waals surface area contributed by atoms with Crippen LogP contribution >= 0.6 is 0 Å². The first kappa shape index (κ1) is 31.3. The van der Waals surface area contributed by atoms with E-state index in [-0.39, 0.29) is 36.2 Å². The van der Waals surface area contributed by atoms with Gasteiger partial charge in [0, 0.05) is 38.5 Å². The molecule has 0 aromatic carbocycles. The molecule has 12 nitrogen and oxygen atoms in total. The van der Waals surface area contributed by atoms with E-state index >= 15 is 0 Å². The number of pyridine rings is 2. The van der Waals surface area contributed by atoms with Crippen LogP contribution in [0.2, 0.25) is 0 Å². The molecular weight excluding hydrogens is 528 g/mol. The molecule has 0 bridgehead atoms. The first-order chi connectivity index (χ1) is 19.2. The Bertz CT molecular complexity index is 1410. The van der Waals surface area contributed by atoms with Crippen molar-refractivity contribution in [2.45, 2.75) is 79.7 Å². The van der Waals surface area contributed by atoms with Crippen LogP contribution in [-0.4, -0.2) is 56.8 Å². The summed E-state index contributed by atoms with van der Waals surface area (Å²) in [6.45, 7) is 11.3. The average molecular weight is 569 g/mol. The van der Waals surface area contributed by atoms with Crippen LogP contribution in [0.1, 0.15) is 64.3 Å². The number of rotatable bonds is 9. The number of anilines is 2. The molecule has 3 N–H and O–H groups in total. The summed E-state index contributed by atoms with van der Waals surface area (Å²) in [6, 6.07) is 5.06. The van der Waals surface area contributed by atoms with Gasteiger partial charge in [-0.15, -0.1) is 0 Å². The van der Waals surface area contributed by atoms with Crippen LogP contribution in [0, 0.1) is 6.92 Å². The van der Waals surface area contributed by atoms with Gasteiger partial charge in [-0.3, -0.25) is 24.7 Å². The zero-order valence-corrected chi connectivity index (χ0v) is 24.8. The molecule has 3 heterocycles. The summed E-state index contributed by atoms with van der Waals surface area (Å²) < 4.78 is 6.82. The van der Waals surface area contributed by atoms with Crippen molar-refractivity contribution in [1.82, 2.24) is 19.9 Å². The molecule has 0 radical (unpaired) electrons. The summed E-state index contributed by atoms with van der Waals surface area (Å²) in [7, 11) is 1.67. The van der Waals surface area contributed by atoms with E-state index in [0.717, 1.165) is 5.57 Å². The van der Waals surface area contributed by atoms with E-state index in [0.29, 0.717) is 47.6 Å². The van der Waals surface area contributed by atoms with E-state index in [1.807, 2.05) is 13.8 Å². The standard InChI is InChI=1S/C29H40N6O6/c1-8-34-12-9-10-23(27(34)39)33(7)35-13-11-18(2)20(26(35)38)15-25(37)30-16-21-19(3)14-24(31-22(21)17-36)32-28(40)41-29(4,5)6/h9-10,12,14,36H,8,11,13,15-17H2,1-7H3,(H,30,37)(H,31,32,40). The van der Waals surface area contributed by atoms with Crippen molar-refractivity contribution in [3.8, 4) is 0 Å². The number of aryl methyl sites for hydroxylation is 2. The Labute approximate surface area is 240 Å². The number of nitrogens with zero attached hydrogens (tertiary/aromatic N) is 4. The maximum Gasteiger partial charge on any atom is 0.413 e. The minimum absolute atomic E-state index is 0.0744. The van der Waals surface area contributed by atoms with Crippen LogP contribution in [-0.2, 0) is 34.0 Å². The molecule has 0 saturated carbocycles. The minimum Gasteiger partial charge on any atom is -0.444 e. The van der Waals surface area contributed by atoms with E-state index in [1.165, 1.54) is 5.01 Å². The zero-order valence-electron chi connectivity index (χ0n) is 24.8. The lowest BCUT2D eigenvalue weighted by atomic mass is 9.98. The summed E-state index contributed by atoms with van der Waals surface area (Å²) in [5.74, 6) is -0.480. The molecule has 2 aromatic rings. The van der Waals surface area contributed by atoms with Crippen molar-refractivity contribution in [1.29, 1.82) is 0 Å². The topological polar surface area (TPSA) is 146 Å². The second kappa shape index (κ2) is 13.0. The van der Waals surface area contributed by atoms with Gasteiger partial charge in [0.2, 0.25) is 5.91 Å². The second-order valence-corrected chi connectivity index (χ2v) is 10.9. The third-order valence-corrected chi connectivity index (χ3v) is 6.77. The maximum atomic E-state index is 13.4. The fourth-order valence-electron chi connectivity index (χ4n) is 4.55. The molecule has 3 rings (SSSR count). The predicted octanol–water partition coefficient (Wildman–Crippen LogP) is 3.02. The molecule has 41 heavy (non-hydrogen) atoms. The largest absolute Gasteiger partial charge is 0.444 e. The Balaban J connectivity index is 1.69.